The van der Waals surface area contributed by atoms with E-state index in [9.17, 15) is 14.4 Å². The van der Waals surface area contributed by atoms with Crippen LogP contribution in [-0.4, -0.2) is 42.3 Å². The Labute approximate surface area is 289 Å². The SMILES string of the molecule is O=C1CCC(=O)N(CCc2ccc(Br)cc2)C(c2ccccc2)C(=O)N(c2ccc(Br)cc2)C/C=C\CN1c1ccc(Br)cc1. The number of benzene rings is 4. The predicted molar refractivity (Wildman–Crippen MR) is 190 cm³/mol. The highest BCUT2D eigenvalue weighted by Crippen LogP contribution is 2.30. The lowest BCUT2D eigenvalue weighted by molar-refractivity contribution is -0.140. The Kier molecular flexibility index (Phi) is 11.4. The van der Waals surface area contributed by atoms with Crippen molar-refractivity contribution in [2.45, 2.75) is 25.3 Å². The van der Waals surface area contributed by atoms with E-state index in [0.717, 1.165) is 30.2 Å². The first kappa shape index (κ1) is 32.9. The van der Waals surface area contributed by atoms with Crippen LogP contribution in [0.4, 0.5) is 11.4 Å². The Morgan fingerprint density at radius 3 is 1.64 bits per heavy atom. The van der Waals surface area contributed by atoms with E-state index in [1.807, 2.05) is 115 Å². The first-order valence-corrected chi connectivity index (χ1v) is 17.0. The molecular formula is C36H32Br3N3O3. The largest absolute Gasteiger partial charge is 0.326 e. The molecule has 0 aliphatic carbocycles. The number of rotatable bonds is 6. The van der Waals surface area contributed by atoms with Crippen LogP contribution in [0.3, 0.4) is 0 Å². The molecule has 0 N–H and O–H groups in total. The lowest BCUT2D eigenvalue weighted by Crippen LogP contribution is -2.46. The summed E-state index contributed by atoms with van der Waals surface area (Å²) in [6.45, 7) is 0.883. The van der Waals surface area contributed by atoms with Crippen molar-refractivity contribution in [3.63, 3.8) is 0 Å². The lowest BCUT2D eigenvalue weighted by Gasteiger charge is -2.35. The van der Waals surface area contributed by atoms with Crippen molar-refractivity contribution < 1.29 is 14.4 Å². The minimum Gasteiger partial charge on any atom is -0.326 e. The monoisotopic (exact) mass is 791 g/mol. The molecule has 0 fully saturated rings. The average Bonchev–Trinajstić information content (AvgIpc) is 3.06. The molecule has 1 unspecified atom stereocenters. The molecule has 1 atom stereocenters. The number of hydrogen-bond donors (Lipinski definition) is 0. The van der Waals surface area contributed by atoms with Crippen LogP contribution in [0, 0.1) is 0 Å². The summed E-state index contributed by atoms with van der Waals surface area (Å²) in [7, 11) is 0. The van der Waals surface area contributed by atoms with Crippen LogP contribution in [0.1, 0.15) is 30.0 Å². The van der Waals surface area contributed by atoms with Gasteiger partial charge in [0.25, 0.3) is 5.91 Å². The van der Waals surface area contributed by atoms with Crippen molar-refractivity contribution >= 4 is 76.9 Å². The van der Waals surface area contributed by atoms with E-state index >= 15 is 0 Å². The molecule has 1 aliphatic rings. The summed E-state index contributed by atoms with van der Waals surface area (Å²) in [5, 5.41) is 0. The highest BCUT2D eigenvalue weighted by atomic mass is 79.9. The van der Waals surface area contributed by atoms with E-state index in [2.05, 4.69) is 47.8 Å². The van der Waals surface area contributed by atoms with E-state index in [-0.39, 0.29) is 37.1 Å². The van der Waals surface area contributed by atoms with Gasteiger partial charge in [0.2, 0.25) is 11.8 Å². The standard InChI is InChI=1S/C36H32Br3N3O3/c37-28-10-8-26(9-11-28)22-25-42-34(44)21-20-33(43)40(31-16-12-29(38)13-17-31)23-4-5-24-41(32-18-14-30(39)15-19-32)36(45)35(42)27-6-2-1-3-7-27/h1-19,35H,20-25H2/b5-4-. The minimum atomic E-state index is -0.885. The molecule has 9 heteroatoms. The van der Waals surface area contributed by atoms with Gasteiger partial charge in [0.1, 0.15) is 6.04 Å². The fourth-order valence-corrected chi connectivity index (χ4v) is 6.10. The molecule has 4 aromatic rings. The van der Waals surface area contributed by atoms with Gasteiger partial charge in [-0.15, -0.1) is 0 Å². The van der Waals surface area contributed by atoms with Gasteiger partial charge in [-0.3, -0.25) is 14.4 Å². The molecule has 0 saturated carbocycles. The number of halogens is 3. The molecule has 1 aliphatic heterocycles. The van der Waals surface area contributed by atoms with Crippen molar-refractivity contribution in [3.8, 4) is 0 Å². The van der Waals surface area contributed by atoms with Gasteiger partial charge in [-0.05, 0) is 78.2 Å². The summed E-state index contributed by atoms with van der Waals surface area (Å²) in [4.78, 5) is 47.6. The fourth-order valence-electron chi connectivity index (χ4n) is 5.31. The topological polar surface area (TPSA) is 60.9 Å². The molecule has 6 nitrogen and oxygen atoms in total. The average molecular weight is 794 g/mol. The first-order chi connectivity index (χ1) is 21.8. The second-order valence-electron chi connectivity index (χ2n) is 10.7. The molecule has 45 heavy (non-hydrogen) atoms. The molecule has 230 valence electrons. The van der Waals surface area contributed by atoms with Crippen molar-refractivity contribution in [2.75, 3.05) is 29.4 Å². The van der Waals surface area contributed by atoms with Crippen LogP contribution in [0.25, 0.3) is 0 Å². The van der Waals surface area contributed by atoms with Crippen molar-refractivity contribution in [2.24, 2.45) is 0 Å². The van der Waals surface area contributed by atoms with Crippen molar-refractivity contribution in [1.82, 2.24) is 4.90 Å². The molecule has 1 heterocycles. The maximum Gasteiger partial charge on any atom is 0.254 e. The number of carbonyl (C=O) groups is 3. The van der Waals surface area contributed by atoms with Gasteiger partial charge in [0.05, 0.1) is 0 Å². The highest BCUT2D eigenvalue weighted by Gasteiger charge is 2.35. The quantitative estimate of drug-likeness (QED) is 0.184. The number of anilines is 2. The zero-order valence-corrected chi connectivity index (χ0v) is 29.2. The number of amides is 3. The number of carbonyl (C=O) groups excluding carboxylic acids is 3. The van der Waals surface area contributed by atoms with Crippen LogP contribution in [0.15, 0.2) is 129 Å². The minimum absolute atomic E-state index is 0.0175. The van der Waals surface area contributed by atoms with Crippen LogP contribution in [0.2, 0.25) is 0 Å². The first-order valence-electron chi connectivity index (χ1n) is 14.7. The second kappa shape index (κ2) is 15.7. The molecule has 3 amide bonds. The van der Waals surface area contributed by atoms with Gasteiger partial charge in [-0.1, -0.05) is 102 Å². The zero-order valence-electron chi connectivity index (χ0n) is 24.5. The zero-order chi connectivity index (χ0) is 31.8. The summed E-state index contributed by atoms with van der Waals surface area (Å²) in [6.07, 6.45) is 4.36. The fraction of sp³-hybridized carbons (Fsp3) is 0.194. The smallest absolute Gasteiger partial charge is 0.254 e. The predicted octanol–water partition coefficient (Wildman–Crippen LogP) is 8.50. The molecular weight excluding hydrogens is 762 g/mol. The Hall–Kier alpha value is -3.53. The van der Waals surface area contributed by atoms with Crippen LogP contribution < -0.4 is 9.80 Å². The number of hydrogen-bond acceptors (Lipinski definition) is 3. The molecule has 0 saturated heterocycles. The van der Waals surface area contributed by atoms with E-state index in [1.54, 1.807) is 14.7 Å². The molecule has 0 bridgehead atoms. The molecule has 0 radical (unpaired) electrons. The third-order valence-electron chi connectivity index (χ3n) is 7.67. The van der Waals surface area contributed by atoms with Gasteiger partial charge in [-0.2, -0.15) is 0 Å². The second-order valence-corrected chi connectivity index (χ2v) is 13.4. The lowest BCUT2D eigenvalue weighted by atomic mass is 10.0. The van der Waals surface area contributed by atoms with Gasteiger partial charge in [0, 0.05) is 57.3 Å². The normalized spacial score (nSPS) is 17.4. The Morgan fingerprint density at radius 2 is 1.07 bits per heavy atom. The van der Waals surface area contributed by atoms with E-state index in [0.29, 0.717) is 25.2 Å². The van der Waals surface area contributed by atoms with E-state index in [4.69, 9.17) is 0 Å². The van der Waals surface area contributed by atoms with E-state index < -0.39 is 6.04 Å². The highest BCUT2D eigenvalue weighted by molar-refractivity contribution is 9.11. The van der Waals surface area contributed by atoms with Crippen molar-refractivity contribution in [1.29, 1.82) is 0 Å². The van der Waals surface area contributed by atoms with Gasteiger partial charge in [-0.25, -0.2) is 0 Å². The van der Waals surface area contributed by atoms with Gasteiger partial charge in [0.15, 0.2) is 0 Å². The maximum absolute atomic E-state index is 14.7. The summed E-state index contributed by atoms with van der Waals surface area (Å²) in [6, 6.07) is 31.6. The summed E-state index contributed by atoms with van der Waals surface area (Å²) < 4.78 is 2.77. The number of nitrogens with zero attached hydrogens (tertiary/aromatic N) is 3. The maximum atomic E-state index is 14.7. The van der Waals surface area contributed by atoms with Gasteiger partial charge < -0.3 is 14.7 Å². The van der Waals surface area contributed by atoms with Crippen LogP contribution in [-0.2, 0) is 20.8 Å². The molecule has 0 aromatic heterocycles. The Balaban J connectivity index is 1.57. The summed E-state index contributed by atoms with van der Waals surface area (Å²) in [5.74, 6) is -0.621. The third kappa shape index (κ3) is 8.60. The molecule has 0 spiro atoms. The Bertz CT molecular complexity index is 1640. The molecule has 4 aromatic carbocycles. The Morgan fingerprint density at radius 1 is 0.578 bits per heavy atom. The van der Waals surface area contributed by atoms with E-state index in [1.165, 1.54) is 0 Å². The van der Waals surface area contributed by atoms with Crippen molar-refractivity contribution in [3.05, 3.63) is 140 Å². The van der Waals surface area contributed by atoms with Crippen LogP contribution >= 0.6 is 47.8 Å². The summed E-state index contributed by atoms with van der Waals surface area (Å²) >= 11 is 10.5. The van der Waals surface area contributed by atoms with Gasteiger partial charge >= 0.3 is 0 Å². The third-order valence-corrected chi connectivity index (χ3v) is 9.26. The summed E-state index contributed by atoms with van der Waals surface area (Å²) in [5.41, 5.74) is 3.21. The van der Waals surface area contributed by atoms with Crippen LogP contribution in [0.5, 0.6) is 0 Å². The molecule has 5 rings (SSSR count).